The van der Waals surface area contributed by atoms with E-state index >= 15 is 0 Å². The van der Waals surface area contributed by atoms with Crippen molar-refractivity contribution in [3.63, 3.8) is 0 Å². The highest BCUT2D eigenvalue weighted by atomic mass is 32.2. The summed E-state index contributed by atoms with van der Waals surface area (Å²) in [4.78, 5) is 20.2. The Kier molecular flexibility index (Phi) is 7.25. The number of aromatic nitrogens is 1. The van der Waals surface area contributed by atoms with E-state index in [1.54, 1.807) is 4.90 Å². The van der Waals surface area contributed by atoms with Crippen LogP contribution in [-0.4, -0.2) is 62.1 Å². The Balaban J connectivity index is 1.47. The van der Waals surface area contributed by atoms with Gasteiger partial charge in [-0.2, -0.15) is 4.31 Å². The minimum atomic E-state index is -3.97. The van der Waals surface area contributed by atoms with Gasteiger partial charge in [-0.25, -0.2) is 17.8 Å². The van der Waals surface area contributed by atoms with Crippen LogP contribution in [0.4, 0.5) is 9.52 Å². The van der Waals surface area contributed by atoms with E-state index in [4.69, 9.17) is 14.5 Å². The van der Waals surface area contributed by atoms with Gasteiger partial charge in [-0.05, 0) is 75.1 Å². The van der Waals surface area contributed by atoms with Crippen LogP contribution in [0.3, 0.4) is 0 Å². The zero-order chi connectivity index (χ0) is 25.3. The second kappa shape index (κ2) is 10.4. The number of fused-ring (bicyclic) bond motifs is 1. The van der Waals surface area contributed by atoms with Crippen LogP contribution in [0.25, 0.3) is 10.2 Å². The van der Waals surface area contributed by atoms with Crippen molar-refractivity contribution in [1.82, 2.24) is 9.29 Å². The highest BCUT2D eigenvalue weighted by Gasteiger charge is 2.42. The summed E-state index contributed by atoms with van der Waals surface area (Å²) in [5.41, 5.74) is 0.741. The molecule has 2 fully saturated rings. The van der Waals surface area contributed by atoms with E-state index in [9.17, 15) is 17.6 Å². The molecule has 11 heteroatoms. The molecule has 1 aromatic heterocycles. The average Bonchev–Trinajstić information content (AvgIpc) is 3.63. The van der Waals surface area contributed by atoms with Gasteiger partial charge in [0, 0.05) is 13.2 Å². The van der Waals surface area contributed by atoms with Crippen molar-refractivity contribution in [2.45, 2.75) is 49.6 Å². The lowest BCUT2D eigenvalue weighted by Crippen LogP contribution is -2.49. The van der Waals surface area contributed by atoms with Crippen molar-refractivity contribution in [3.05, 3.63) is 48.3 Å². The molecule has 2 aromatic carbocycles. The molecule has 0 N–H and O–H groups in total. The molecule has 36 heavy (non-hydrogen) atoms. The third-order valence-corrected chi connectivity index (χ3v) is 9.44. The Bertz CT molecular complexity index is 1340. The lowest BCUT2D eigenvalue weighted by Gasteiger charge is -2.29. The van der Waals surface area contributed by atoms with Crippen LogP contribution in [0.2, 0.25) is 0 Å². The molecule has 2 saturated heterocycles. The molecule has 2 aliphatic rings. The first-order valence-corrected chi connectivity index (χ1v) is 14.4. The van der Waals surface area contributed by atoms with Crippen LogP contribution in [0.15, 0.2) is 47.4 Å². The van der Waals surface area contributed by atoms with E-state index in [1.807, 2.05) is 25.1 Å². The molecule has 0 saturated carbocycles. The zero-order valence-electron chi connectivity index (χ0n) is 19.9. The Morgan fingerprint density at radius 1 is 1.22 bits per heavy atom. The smallest absolute Gasteiger partial charge is 0.247 e. The van der Waals surface area contributed by atoms with Crippen LogP contribution in [0.5, 0.6) is 5.75 Å². The first kappa shape index (κ1) is 25.1. The fourth-order valence-electron chi connectivity index (χ4n) is 4.72. The molecule has 0 bridgehead atoms. The molecule has 192 valence electrons. The zero-order valence-corrected chi connectivity index (χ0v) is 21.6. The number of hydrogen-bond acceptors (Lipinski definition) is 7. The number of rotatable bonds is 8. The summed E-state index contributed by atoms with van der Waals surface area (Å²) in [5.74, 6) is -0.114. The number of carbonyl (C=O) groups is 1. The molecule has 8 nitrogen and oxygen atoms in total. The summed E-state index contributed by atoms with van der Waals surface area (Å²) in [6, 6.07) is 9.42. The van der Waals surface area contributed by atoms with Crippen LogP contribution in [0.1, 0.15) is 32.6 Å². The number of carbonyl (C=O) groups excluding carboxylic acids is 1. The molecule has 0 radical (unpaired) electrons. The molecule has 2 aliphatic heterocycles. The largest absolute Gasteiger partial charge is 0.494 e. The van der Waals surface area contributed by atoms with Gasteiger partial charge in [0.15, 0.2) is 5.13 Å². The van der Waals surface area contributed by atoms with Crippen LogP contribution in [-0.2, 0) is 19.6 Å². The van der Waals surface area contributed by atoms with Crippen molar-refractivity contribution in [2.75, 3.05) is 31.2 Å². The standard InChI is InChI=1S/C25H28FN3O5S2/c1-2-33-18-9-12-21-23(15-18)35-25(27-21)28(16-19-5-4-14-34-19)24(30)22-6-3-13-29(22)36(31,32)20-10-7-17(26)8-11-20/h7-12,15,19,22H,2-6,13-14,16H2,1H3. The van der Waals surface area contributed by atoms with Gasteiger partial charge in [0.1, 0.15) is 17.6 Å². The number of hydrogen-bond donors (Lipinski definition) is 0. The third kappa shape index (κ3) is 4.97. The van der Waals surface area contributed by atoms with Crippen LogP contribution < -0.4 is 9.64 Å². The predicted octanol–water partition coefficient (Wildman–Crippen LogP) is 4.20. The summed E-state index contributed by atoms with van der Waals surface area (Å²) in [6.45, 7) is 3.62. The Morgan fingerprint density at radius 3 is 2.75 bits per heavy atom. The fourth-order valence-corrected chi connectivity index (χ4v) is 7.38. The second-order valence-electron chi connectivity index (χ2n) is 8.87. The van der Waals surface area contributed by atoms with E-state index in [2.05, 4.69) is 0 Å². The second-order valence-corrected chi connectivity index (χ2v) is 11.8. The van der Waals surface area contributed by atoms with Gasteiger partial charge in [0.2, 0.25) is 15.9 Å². The van der Waals surface area contributed by atoms with Crippen LogP contribution >= 0.6 is 11.3 Å². The number of sulfonamides is 1. The van der Waals surface area contributed by atoms with Gasteiger partial charge in [0.25, 0.3) is 0 Å². The molecule has 3 aromatic rings. The maximum Gasteiger partial charge on any atom is 0.247 e. The minimum absolute atomic E-state index is 0.0299. The summed E-state index contributed by atoms with van der Waals surface area (Å²) < 4.78 is 53.7. The topological polar surface area (TPSA) is 89.0 Å². The van der Waals surface area contributed by atoms with E-state index in [0.717, 1.165) is 40.9 Å². The minimum Gasteiger partial charge on any atom is -0.494 e. The van der Waals surface area contributed by atoms with E-state index in [1.165, 1.54) is 27.8 Å². The van der Waals surface area contributed by atoms with Crippen molar-refractivity contribution in [2.24, 2.45) is 0 Å². The molecule has 0 aliphatic carbocycles. The van der Waals surface area contributed by atoms with Crippen molar-refractivity contribution < 1.29 is 27.1 Å². The molecule has 5 rings (SSSR count). The maximum atomic E-state index is 14.0. The molecule has 3 heterocycles. The van der Waals surface area contributed by atoms with E-state index in [-0.39, 0.29) is 23.5 Å². The lowest BCUT2D eigenvalue weighted by atomic mass is 10.2. The van der Waals surface area contributed by atoms with Gasteiger partial charge < -0.3 is 9.47 Å². The van der Waals surface area contributed by atoms with Crippen molar-refractivity contribution >= 4 is 42.6 Å². The SMILES string of the molecule is CCOc1ccc2nc(N(CC3CCCO3)C(=O)C3CCCN3S(=O)(=O)c3ccc(F)cc3)sc2c1. The highest BCUT2D eigenvalue weighted by Crippen LogP contribution is 2.35. The van der Waals surface area contributed by atoms with Crippen molar-refractivity contribution in [1.29, 1.82) is 0 Å². The Labute approximate surface area is 213 Å². The van der Waals surface area contributed by atoms with E-state index in [0.29, 0.717) is 37.7 Å². The van der Waals surface area contributed by atoms with Gasteiger partial charge in [-0.3, -0.25) is 9.69 Å². The molecule has 0 spiro atoms. The third-order valence-electron chi connectivity index (χ3n) is 6.48. The van der Waals surface area contributed by atoms with Gasteiger partial charge >= 0.3 is 0 Å². The first-order chi connectivity index (χ1) is 17.4. The predicted molar refractivity (Wildman–Crippen MR) is 135 cm³/mol. The highest BCUT2D eigenvalue weighted by molar-refractivity contribution is 7.89. The number of ether oxygens (including phenoxy) is 2. The average molecular weight is 534 g/mol. The van der Waals surface area contributed by atoms with Gasteiger partial charge in [-0.15, -0.1) is 0 Å². The van der Waals surface area contributed by atoms with Crippen LogP contribution in [0, 0.1) is 5.82 Å². The number of halogens is 1. The number of anilines is 1. The number of thiazole rings is 1. The molecular weight excluding hydrogens is 505 g/mol. The number of nitrogens with zero attached hydrogens (tertiary/aromatic N) is 3. The molecule has 1 amide bonds. The normalized spacial score (nSPS) is 20.7. The fraction of sp³-hybridized carbons (Fsp3) is 0.440. The first-order valence-electron chi connectivity index (χ1n) is 12.1. The Hall–Kier alpha value is -2.60. The van der Waals surface area contributed by atoms with Gasteiger partial charge in [-0.1, -0.05) is 11.3 Å². The van der Waals surface area contributed by atoms with E-state index < -0.39 is 21.9 Å². The van der Waals surface area contributed by atoms with Crippen molar-refractivity contribution in [3.8, 4) is 5.75 Å². The summed E-state index contributed by atoms with van der Waals surface area (Å²) in [7, 11) is -3.97. The number of amides is 1. The lowest BCUT2D eigenvalue weighted by molar-refractivity contribution is -0.122. The Morgan fingerprint density at radius 2 is 2.03 bits per heavy atom. The maximum absolute atomic E-state index is 14.0. The number of benzene rings is 2. The monoisotopic (exact) mass is 533 g/mol. The molecule has 2 unspecified atom stereocenters. The molecule has 2 atom stereocenters. The summed E-state index contributed by atoms with van der Waals surface area (Å²) >= 11 is 1.37. The quantitative estimate of drug-likeness (QED) is 0.431. The summed E-state index contributed by atoms with van der Waals surface area (Å²) in [6.07, 6.45) is 2.57. The summed E-state index contributed by atoms with van der Waals surface area (Å²) in [5, 5.41) is 0.505. The molecular formula is C25H28FN3O5S2. The van der Waals surface area contributed by atoms with Gasteiger partial charge in [0.05, 0.1) is 34.4 Å².